The molecule has 0 bridgehead atoms. The van der Waals surface area contributed by atoms with Crippen LogP contribution in [0, 0.1) is 6.92 Å². The average Bonchev–Trinajstić information content (AvgIpc) is 2.67. The minimum atomic E-state index is -4.55. The molecule has 0 saturated heterocycles. The van der Waals surface area contributed by atoms with Gasteiger partial charge in [-0.25, -0.2) is 0 Å². The summed E-state index contributed by atoms with van der Waals surface area (Å²) in [6.45, 7) is 2.12. The normalized spacial score (nSPS) is 11.5. The highest BCUT2D eigenvalue weighted by Gasteiger charge is 2.31. The van der Waals surface area contributed by atoms with E-state index in [9.17, 15) is 18.0 Å². The summed E-state index contributed by atoms with van der Waals surface area (Å²) < 4.78 is 49.8. The summed E-state index contributed by atoms with van der Waals surface area (Å²) in [6, 6.07) is 11.6. The van der Waals surface area contributed by atoms with E-state index in [4.69, 9.17) is 9.47 Å². The highest BCUT2D eigenvalue weighted by atomic mass is 19.4. The zero-order valence-corrected chi connectivity index (χ0v) is 15.8. The second-order valence-electron chi connectivity index (χ2n) is 6.33. The maximum atomic E-state index is 13.1. The van der Waals surface area contributed by atoms with E-state index in [1.807, 2.05) is 0 Å². The molecule has 8 heteroatoms. The van der Waals surface area contributed by atoms with Crippen LogP contribution in [0.2, 0.25) is 0 Å². The van der Waals surface area contributed by atoms with Crippen LogP contribution >= 0.6 is 0 Å². The van der Waals surface area contributed by atoms with E-state index in [0.717, 1.165) is 12.1 Å². The number of methoxy groups -OCH3 is 1. The van der Waals surface area contributed by atoms with E-state index in [2.05, 4.69) is 10.3 Å². The number of aromatic nitrogens is 1. The van der Waals surface area contributed by atoms with Gasteiger partial charge < -0.3 is 14.8 Å². The Morgan fingerprint density at radius 1 is 1.10 bits per heavy atom. The second-order valence-corrected chi connectivity index (χ2v) is 6.33. The Morgan fingerprint density at radius 3 is 2.59 bits per heavy atom. The summed E-state index contributed by atoms with van der Waals surface area (Å²) in [4.78, 5) is 17.3. The van der Waals surface area contributed by atoms with E-state index in [-0.39, 0.29) is 24.7 Å². The van der Waals surface area contributed by atoms with Crippen LogP contribution in [-0.4, -0.2) is 31.2 Å². The van der Waals surface area contributed by atoms with E-state index in [0.29, 0.717) is 22.2 Å². The zero-order chi connectivity index (χ0) is 21.0. The smallest absolute Gasteiger partial charge is 0.416 e. The quantitative estimate of drug-likeness (QED) is 0.598. The molecule has 0 atom stereocenters. The van der Waals surface area contributed by atoms with E-state index in [1.165, 1.54) is 13.2 Å². The lowest BCUT2D eigenvalue weighted by Crippen LogP contribution is -2.16. The number of halogens is 3. The van der Waals surface area contributed by atoms with Gasteiger partial charge in [0.25, 0.3) is 5.91 Å². The zero-order valence-electron chi connectivity index (χ0n) is 15.8. The number of rotatable bonds is 6. The Bertz CT molecular complexity index is 1040. The number of benzene rings is 2. The highest BCUT2D eigenvalue weighted by molar-refractivity contribution is 6.12. The van der Waals surface area contributed by atoms with Crippen molar-refractivity contribution in [1.29, 1.82) is 0 Å². The molecule has 1 N–H and O–H groups in total. The van der Waals surface area contributed by atoms with Crippen LogP contribution in [0.25, 0.3) is 10.9 Å². The lowest BCUT2D eigenvalue weighted by atomic mass is 10.1. The van der Waals surface area contributed by atoms with Crippen molar-refractivity contribution in [2.24, 2.45) is 0 Å². The van der Waals surface area contributed by atoms with Gasteiger partial charge in [0.1, 0.15) is 12.4 Å². The standard InChI is InChI=1S/C21H19F3N2O3/c1-13-11-16(15-5-3-4-6-17(15)25-13)20(27)26-18-12-14(21(22,23)24)7-8-19(18)29-10-9-28-2/h3-8,11-12H,9-10H2,1-2H3,(H,26,27). The number of hydrogen-bond acceptors (Lipinski definition) is 4. The number of ether oxygens (including phenoxy) is 2. The number of carbonyl (C=O) groups excluding carboxylic acids is 1. The van der Waals surface area contributed by atoms with Crippen LogP contribution in [0.15, 0.2) is 48.5 Å². The number of alkyl halides is 3. The average molecular weight is 404 g/mol. The number of aryl methyl sites for hydroxylation is 1. The summed E-state index contributed by atoms with van der Waals surface area (Å²) in [5.74, 6) is -0.430. The highest BCUT2D eigenvalue weighted by Crippen LogP contribution is 2.35. The van der Waals surface area contributed by atoms with Gasteiger partial charge in [-0.3, -0.25) is 9.78 Å². The Balaban J connectivity index is 1.98. The van der Waals surface area contributed by atoms with Crippen LogP contribution < -0.4 is 10.1 Å². The largest absolute Gasteiger partial charge is 0.489 e. The molecule has 0 fully saturated rings. The summed E-state index contributed by atoms with van der Waals surface area (Å²) in [5, 5.41) is 3.15. The molecule has 1 amide bonds. The maximum Gasteiger partial charge on any atom is 0.416 e. The van der Waals surface area contributed by atoms with Crippen LogP contribution in [0.5, 0.6) is 5.75 Å². The van der Waals surface area contributed by atoms with Gasteiger partial charge >= 0.3 is 6.18 Å². The molecule has 0 spiro atoms. The molecular formula is C21H19F3N2O3. The first-order valence-corrected chi connectivity index (χ1v) is 8.80. The fraction of sp³-hybridized carbons (Fsp3) is 0.238. The molecule has 0 radical (unpaired) electrons. The number of para-hydroxylation sites is 1. The van der Waals surface area contributed by atoms with Crippen molar-refractivity contribution < 1.29 is 27.4 Å². The van der Waals surface area contributed by atoms with Crippen LogP contribution in [0.3, 0.4) is 0 Å². The summed E-state index contributed by atoms with van der Waals surface area (Å²) in [6.07, 6.45) is -4.55. The first-order chi connectivity index (χ1) is 13.8. The van der Waals surface area contributed by atoms with Gasteiger partial charge in [-0.15, -0.1) is 0 Å². The van der Waals surface area contributed by atoms with Crippen molar-refractivity contribution in [1.82, 2.24) is 4.98 Å². The molecule has 0 aliphatic carbocycles. The second kappa shape index (κ2) is 8.48. The molecule has 152 valence electrons. The molecule has 2 aromatic carbocycles. The minimum Gasteiger partial charge on any atom is -0.489 e. The van der Waals surface area contributed by atoms with Crippen molar-refractivity contribution in [2.45, 2.75) is 13.1 Å². The summed E-state index contributed by atoms with van der Waals surface area (Å²) >= 11 is 0. The van der Waals surface area contributed by atoms with Crippen molar-refractivity contribution in [3.63, 3.8) is 0 Å². The number of amides is 1. The summed E-state index contributed by atoms with van der Waals surface area (Å²) in [5.41, 5.74) is 0.600. The number of anilines is 1. The monoisotopic (exact) mass is 404 g/mol. The summed E-state index contributed by atoms with van der Waals surface area (Å²) in [7, 11) is 1.48. The van der Waals surface area contributed by atoms with E-state index >= 15 is 0 Å². The number of carbonyl (C=O) groups is 1. The molecule has 3 rings (SSSR count). The van der Waals surface area contributed by atoms with Crippen LogP contribution in [0.4, 0.5) is 18.9 Å². The third-order valence-electron chi connectivity index (χ3n) is 4.19. The third-order valence-corrected chi connectivity index (χ3v) is 4.19. The van der Waals surface area contributed by atoms with Gasteiger partial charge in [-0.05, 0) is 37.3 Å². The van der Waals surface area contributed by atoms with Gasteiger partial charge in [0.2, 0.25) is 0 Å². The molecule has 29 heavy (non-hydrogen) atoms. The number of nitrogens with one attached hydrogen (secondary N) is 1. The number of hydrogen-bond donors (Lipinski definition) is 1. The number of nitrogens with zero attached hydrogens (tertiary/aromatic N) is 1. The molecule has 0 aliphatic rings. The maximum absolute atomic E-state index is 13.1. The third kappa shape index (κ3) is 4.83. The van der Waals surface area contributed by atoms with Gasteiger partial charge in [0.05, 0.1) is 28.9 Å². The van der Waals surface area contributed by atoms with Crippen molar-refractivity contribution in [3.8, 4) is 5.75 Å². The SMILES string of the molecule is COCCOc1ccc(C(F)(F)F)cc1NC(=O)c1cc(C)nc2ccccc12. The molecule has 1 aromatic heterocycles. The molecule has 0 unspecified atom stereocenters. The van der Waals surface area contributed by atoms with Gasteiger partial charge in [0.15, 0.2) is 0 Å². The molecule has 1 heterocycles. The van der Waals surface area contributed by atoms with Crippen molar-refractivity contribution in [3.05, 3.63) is 65.4 Å². The van der Waals surface area contributed by atoms with Gasteiger partial charge in [-0.2, -0.15) is 13.2 Å². The lowest BCUT2D eigenvalue weighted by Gasteiger charge is -2.16. The van der Waals surface area contributed by atoms with Gasteiger partial charge in [-0.1, -0.05) is 18.2 Å². The van der Waals surface area contributed by atoms with Crippen LogP contribution in [-0.2, 0) is 10.9 Å². The first-order valence-electron chi connectivity index (χ1n) is 8.80. The molecule has 0 saturated carbocycles. The molecule has 0 aliphatic heterocycles. The minimum absolute atomic E-state index is 0.0699. The first kappa shape index (κ1) is 20.6. The van der Waals surface area contributed by atoms with Gasteiger partial charge in [0, 0.05) is 18.2 Å². The molecule has 3 aromatic rings. The fourth-order valence-corrected chi connectivity index (χ4v) is 2.85. The van der Waals surface area contributed by atoms with Crippen LogP contribution in [0.1, 0.15) is 21.6 Å². The van der Waals surface area contributed by atoms with Crippen molar-refractivity contribution >= 4 is 22.5 Å². The Hall–Kier alpha value is -3.13. The molecule has 5 nitrogen and oxygen atoms in total. The number of pyridine rings is 1. The Kier molecular flexibility index (Phi) is 6.03. The Morgan fingerprint density at radius 2 is 1.86 bits per heavy atom. The fourth-order valence-electron chi connectivity index (χ4n) is 2.85. The molecular weight excluding hydrogens is 385 g/mol. The van der Waals surface area contributed by atoms with Crippen molar-refractivity contribution in [2.75, 3.05) is 25.6 Å². The Labute approximate surface area is 165 Å². The lowest BCUT2D eigenvalue weighted by molar-refractivity contribution is -0.137. The number of fused-ring (bicyclic) bond motifs is 1. The van der Waals surface area contributed by atoms with E-state index in [1.54, 1.807) is 37.3 Å². The van der Waals surface area contributed by atoms with E-state index < -0.39 is 17.6 Å². The topological polar surface area (TPSA) is 60.5 Å². The predicted molar refractivity (Wildman–Crippen MR) is 103 cm³/mol. The predicted octanol–water partition coefficient (Wildman–Crippen LogP) is 4.84.